The minimum atomic E-state index is -1.07. The van der Waals surface area contributed by atoms with Crippen molar-refractivity contribution in [2.45, 2.75) is 46.6 Å². The molecule has 4 nitrogen and oxygen atoms in total. The summed E-state index contributed by atoms with van der Waals surface area (Å²) < 4.78 is 0. The van der Waals surface area contributed by atoms with Crippen molar-refractivity contribution in [3.8, 4) is 6.07 Å². The first-order valence-corrected chi connectivity index (χ1v) is 9.77. The summed E-state index contributed by atoms with van der Waals surface area (Å²) >= 11 is 0. The molecule has 0 aromatic heterocycles. The molecule has 0 fully saturated rings. The molecule has 2 aliphatic carbocycles. The van der Waals surface area contributed by atoms with E-state index in [4.69, 9.17) is 10.4 Å². The van der Waals surface area contributed by atoms with Gasteiger partial charge in [0, 0.05) is 17.8 Å². The van der Waals surface area contributed by atoms with Gasteiger partial charge in [0.05, 0.1) is 12.1 Å². The standard InChI is InChI=1S/C17H17N.C3H3NO2.2C2H6/c1-2-14-13-18(15-9-5-3-4-6-10-15)17-12-8-7-11-16(14)17;4-2-1-3(5)6;2*1-2/h2-5,7-13,16-17H,1,6H2;1H2,(H,5,6);2*1-2H3/t16?,17-;;;/m1.../s1. The molecule has 28 heavy (non-hydrogen) atoms. The van der Waals surface area contributed by atoms with Crippen molar-refractivity contribution in [2.75, 3.05) is 0 Å². The van der Waals surface area contributed by atoms with Gasteiger partial charge in [0.25, 0.3) is 0 Å². The first kappa shape index (κ1) is 24.9. The highest BCUT2D eigenvalue weighted by molar-refractivity contribution is 5.69. The minimum absolute atomic E-state index is 0.400. The van der Waals surface area contributed by atoms with Gasteiger partial charge in [-0.15, -0.1) is 0 Å². The summed E-state index contributed by atoms with van der Waals surface area (Å²) in [5.74, 6) is -0.629. The van der Waals surface area contributed by atoms with Crippen LogP contribution in [-0.2, 0) is 4.79 Å². The van der Waals surface area contributed by atoms with Gasteiger partial charge in [-0.2, -0.15) is 5.26 Å². The Hall–Kier alpha value is -3.06. The molecule has 3 rings (SSSR count). The molecule has 0 aromatic carbocycles. The fourth-order valence-electron chi connectivity index (χ4n) is 2.76. The minimum Gasteiger partial charge on any atom is -0.480 e. The highest BCUT2D eigenvalue weighted by Crippen LogP contribution is 2.36. The Labute approximate surface area is 169 Å². The summed E-state index contributed by atoms with van der Waals surface area (Å²) in [6.07, 6.45) is 24.4. The van der Waals surface area contributed by atoms with Gasteiger partial charge in [0.2, 0.25) is 0 Å². The molecule has 2 atom stereocenters. The van der Waals surface area contributed by atoms with Gasteiger partial charge in [-0.05, 0) is 18.1 Å². The Kier molecular flexibility index (Phi) is 13.4. The molecule has 0 amide bonds. The van der Waals surface area contributed by atoms with E-state index < -0.39 is 12.4 Å². The second-order valence-corrected chi connectivity index (χ2v) is 5.41. The monoisotopic (exact) mass is 380 g/mol. The number of rotatable bonds is 3. The van der Waals surface area contributed by atoms with E-state index in [1.165, 1.54) is 17.3 Å². The van der Waals surface area contributed by atoms with E-state index in [-0.39, 0.29) is 0 Å². The number of hydrogen-bond donors (Lipinski definition) is 1. The second kappa shape index (κ2) is 15.0. The van der Waals surface area contributed by atoms with E-state index in [1.54, 1.807) is 0 Å². The zero-order valence-corrected chi connectivity index (χ0v) is 17.4. The second-order valence-electron chi connectivity index (χ2n) is 5.41. The number of carboxylic acids is 1. The molecule has 0 spiro atoms. The van der Waals surface area contributed by atoms with Gasteiger partial charge in [-0.25, -0.2) is 0 Å². The smallest absolute Gasteiger partial charge is 0.317 e. The van der Waals surface area contributed by atoms with E-state index in [0.29, 0.717) is 12.0 Å². The molecule has 4 heteroatoms. The lowest BCUT2D eigenvalue weighted by molar-refractivity contribution is -0.135. The molecule has 1 aliphatic heterocycles. The van der Waals surface area contributed by atoms with Crippen molar-refractivity contribution in [2.24, 2.45) is 5.92 Å². The lowest BCUT2D eigenvalue weighted by Crippen LogP contribution is -2.29. The number of hydrogen-bond acceptors (Lipinski definition) is 3. The molecule has 150 valence electrons. The van der Waals surface area contributed by atoms with Crippen LogP contribution in [0.15, 0.2) is 84.8 Å². The van der Waals surface area contributed by atoms with Crippen LogP contribution in [0.1, 0.15) is 40.5 Å². The molecule has 0 aromatic rings. The van der Waals surface area contributed by atoms with Crippen LogP contribution in [0.3, 0.4) is 0 Å². The van der Waals surface area contributed by atoms with Gasteiger partial charge in [-0.3, -0.25) is 4.79 Å². The van der Waals surface area contributed by atoms with Gasteiger partial charge < -0.3 is 10.0 Å². The molecule has 0 radical (unpaired) electrons. The molecular formula is C24H32N2O2. The average Bonchev–Trinajstić information content (AvgIpc) is 2.90. The molecule has 0 saturated heterocycles. The van der Waals surface area contributed by atoms with E-state index >= 15 is 0 Å². The predicted molar refractivity (Wildman–Crippen MR) is 117 cm³/mol. The van der Waals surface area contributed by atoms with Crippen molar-refractivity contribution in [3.63, 3.8) is 0 Å². The van der Waals surface area contributed by atoms with Crippen LogP contribution >= 0.6 is 0 Å². The Morgan fingerprint density at radius 1 is 1.25 bits per heavy atom. The fraction of sp³-hybridized carbons (Fsp3) is 0.333. The topological polar surface area (TPSA) is 64.3 Å². The van der Waals surface area contributed by atoms with E-state index in [2.05, 4.69) is 72.4 Å². The quantitative estimate of drug-likeness (QED) is 0.660. The zero-order valence-electron chi connectivity index (χ0n) is 17.4. The number of nitriles is 1. The first-order chi connectivity index (χ1) is 13.7. The lowest BCUT2D eigenvalue weighted by Gasteiger charge is -2.28. The molecule has 1 heterocycles. The van der Waals surface area contributed by atoms with Gasteiger partial charge in [0.15, 0.2) is 0 Å². The van der Waals surface area contributed by atoms with Gasteiger partial charge >= 0.3 is 5.97 Å². The fourth-order valence-corrected chi connectivity index (χ4v) is 2.76. The molecule has 0 bridgehead atoms. The summed E-state index contributed by atoms with van der Waals surface area (Å²) in [5.41, 5.74) is 2.57. The summed E-state index contributed by atoms with van der Waals surface area (Å²) in [5, 5.41) is 15.3. The Bertz CT molecular complexity index is 715. The molecule has 3 aliphatic rings. The number of carboxylic acid groups (broad SMARTS) is 1. The lowest BCUT2D eigenvalue weighted by atomic mass is 9.91. The Balaban J connectivity index is 0.000000622. The van der Waals surface area contributed by atoms with Crippen molar-refractivity contribution in [1.82, 2.24) is 4.90 Å². The van der Waals surface area contributed by atoms with Gasteiger partial charge in [0.1, 0.15) is 6.42 Å². The van der Waals surface area contributed by atoms with Crippen LogP contribution < -0.4 is 0 Å². The zero-order chi connectivity index (χ0) is 21.4. The van der Waals surface area contributed by atoms with Crippen molar-refractivity contribution in [1.29, 1.82) is 5.26 Å². The molecule has 0 saturated carbocycles. The van der Waals surface area contributed by atoms with Gasteiger partial charge in [-0.1, -0.05) is 89.0 Å². The maximum atomic E-state index is 9.38. The summed E-state index contributed by atoms with van der Waals surface area (Å²) in [7, 11) is 0. The van der Waals surface area contributed by atoms with Crippen LogP contribution in [0.5, 0.6) is 0 Å². The van der Waals surface area contributed by atoms with E-state index in [0.717, 1.165) is 6.42 Å². The third-order valence-corrected chi connectivity index (χ3v) is 3.84. The van der Waals surface area contributed by atoms with Crippen LogP contribution in [0.2, 0.25) is 0 Å². The SMILES string of the molecule is C=CC1=CN(C2=CCC=CC=C2)[C@@H]2C=CC=CC12.CC.CC.N#CCC(=O)O. The van der Waals surface area contributed by atoms with Crippen LogP contribution in [-0.4, -0.2) is 22.0 Å². The largest absolute Gasteiger partial charge is 0.480 e. The van der Waals surface area contributed by atoms with Crippen molar-refractivity contribution >= 4 is 5.97 Å². The third kappa shape index (κ3) is 7.67. The van der Waals surface area contributed by atoms with Crippen LogP contribution in [0.25, 0.3) is 0 Å². The maximum Gasteiger partial charge on any atom is 0.317 e. The summed E-state index contributed by atoms with van der Waals surface area (Å²) in [6, 6.07) is 1.87. The number of allylic oxidation sites excluding steroid dienone is 8. The summed E-state index contributed by atoms with van der Waals surface area (Å²) in [4.78, 5) is 11.7. The highest BCUT2D eigenvalue weighted by Gasteiger charge is 2.32. The van der Waals surface area contributed by atoms with E-state index in [1.807, 2.05) is 33.8 Å². The predicted octanol–water partition coefficient (Wildman–Crippen LogP) is 5.92. The molecule has 1 N–H and O–H groups in total. The average molecular weight is 381 g/mol. The van der Waals surface area contributed by atoms with Crippen molar-refractivity contribution < 1.29 is 9.90 Å². The summed E-state index contributed by atoms with van der Waals surface area (Å²) in [6.45, 7) is 11.9. The Morgan fingerprint density at radius 2 is 1.93 bits per heavy atom. The van der Waals surface area contributed by atoms with Crippen LogP contribution in [0, 0.1) is 17.2 Å². The normalized spacial score (nSPS) is 20.3. The maximum absolute atomic E-state index is 9.38. The number of aliphatic carboxylic acids is 1. The number of nitrogens with zero attached hydrogens (tertiary/aromatic N) is 2. The molecule has 1 unspecified atom stereocenters. The Morgan fingerprint density at radius 3 is 2.50 bits per heavy atom. The van der Waals surface area contributed by atoms with Crippen LogP contribution in [0.4, 0.5) is 0 Å². The van der Waals surface area contributed by atoms with E-state index in [9.17, 15) is 4.79 Å². The number of fused-ring (bicyclic) bond motifs is 1. The van der Waals surface area contributed by atoms with Crippen molar-refractivity contribution in [3.05, 3.63) is 84.8 Å². The molecular weight excluding hydrogens is 348 g/mol. The number of carbonyl (C=O) groups is 1. The first-order valence-electron chi connectivity index (χ1n) is 9.77. The highest BCUT2D eigenvalue weighted by atomic mass is 16.4. The third-order valence-electron chi connectivity index (χ3n) is 3.84.